The fraction of sp³-hybridized carbons (Fsp3) is 0.318. The molecule has 4 rings (SSSR count). The third-order valence-corrected chi connectivity index (χ3v) is 5.47. The molecular weight excluding hydrogens is 336 g/mol. The van der Waals surface area contributed by atoms with Crippen molar-refractivity contribution in [2.24, 2.45) is 0 Å². The van der Waals surface area contributed by atoms with E-state index in [-0.39, 0.29) is 17.7 Å². The Morgan fingerprint density at radius 3 is 2.74 bits per heavy atom. The zero-order chi connectivity index (χ0) is 18.6. The minimum Gasteiger partial charge on any atom is -0.342 e. The standard InChI is InChI=1S/C22H24N4O/c1-16(17-6-3-2-4-7-17)22(27)26-13-5-8-19(15-26)21-20(14-24-25-21)18-9-11-23-12-10-18/h2-4,6-7,9-12,14,16,19H,5,8,13,15H2,1H3,(H,24,25)/t16-,19+/m0/s1. The van der Waals surface area contributed by atoms with Crippen molar-refractivity contribution in [2.45, 2.75) is 31.6 Å². The molecule has 0 aliphatic carbocycles. The molecule has 1 N–H and O–H groups in total. The van der Waals surface area contributed by atoms with Gasteiger partial charge in [0.15, 0.2) is 0 Å². The topological polar surface area (TPSA) is 61.9 Å². The van der Waals surface area contributed by atoms with Gasteiger partial charge in [-0.15, -0.1) is 0 Å². The van der Waals surface area contributed by atoms with E-state index >= 15 is 0 Å². The molecule has 1 aromatic carbocycles. The molecule has 1 amide bonds. The first kappa shape index (κ1) is 17.5. The number of pyridine rings is 1. The molecule has 1 aliphatic heterocycles. The van der Waals surface area contributed by atoms with Gasteiger partial charge in [0.1, 0.15) is 0 Å². The van der Waals surface area contributed by atoms with E-state index < -0.39 is 0 Å². The summed E-state index contributed by atoms with van der Waals surface area (Å²) in [6, 6.07) is 14.0. The number of nitrogens with one attached hydrogen (secondary N) is 1. The van der Waals surface area contributed by atoms with Crippen LogP contribution in [0, 0.1) is 0 Å². The number of aromatic amines is 1. The number of nitrogens with zero attached hydrogens (tertiary/aromatic N) is 3. The van der Waals surface area contributed by atoms with Crippen LogP contribution in [0.1, 0.15) is 42.9 Å². The van der Waals surface area contributed by atoms with Gasteiger partial charge < -0.3 is 4.90 Å². The zero-order valence-electron chi connectivity index (χ0n) is 15.5. The molecule has 5 heteroatoms. The van der Waals surface area contributed by atoms with Gasteiger partial charge in [0.2, 0.25) is 5.91 Å². The van der Waals surface area contributed by atoms with E-state index in [2.05, 4.69) is 15.2 Å². The smallest absolute Gasteiger partial charge is 0.229 e. The van der Waals surface area contributed by atoms with Crippen molar-refractivity contribution in [3.63, 3.8) is 0 Å². The van der Waals surface area contributed by atoms with Gasteiger partial charge >= 0.3 is 0 Å². The molecule has 0 radical (unpaired) electrons. The van der Waals surface area contributed by atoms with Crippen molar-refractivity contribution in [1.82, 2.24) is 20.1 Å². The second-order valence-electron chi connectivity index (χ2n) is 7.19. The summed E-state index contributed by atoms with van der Waals surface area (Å²) in [6.45, 7) is 3.56. The number of rotatable bonds is 4. The van der Waals surface area contributed by atoms with Crippen LogP contribution in [0.3, 0.4) is 0 Å². The summed E-state index contributed by atoms with van der Waals surface area (Å²) in [5.41, 5.74) is 4.40. The monoisotopic (exact) mass is 360 g/mol. The quantitative estimate of drug-likeness (QED) is 0.765. The Bertz CT molecular complexity index is 891. The summed E-state index contributed by atoms with van der Waals surface area (Å²) < 4.78 is 0. The number of carbonyl (C=O) groups is 1. The number of likely N-dealkylation sites (tertiary alicyclic amines) is 1. The first-order chi connectivity index (χ1) is 13.2. The predicted molar refractivity (Wildman–Crippen MR) is 105 cm³/mol. The first-order valence-corrected chi connectivity index (χ1v) is 9.51. The minimum absolute atomic E-state index is 0.119. The molecule has 0 spiro atoms. The van der Waals surface area contributed by atoms with Crippen LogP contribution in [0.25, 0.3) is 11.1 Å². The Balaban J connectivity index is 1.53. The summed E-state index contributed by atoms with van der Waals surface area (Å²) >= 11 is 0. The molecule has 0 unspecified atom stereocenters. The lowest BCUT2D eigenvalue weighted by Gasteiger charge is -2.34. The minimum atomic E-state index is -0.119. The maximum Gasteiger partial charge on any atom is 0.229 e. The first-order valence-electron chi connectivity index (χ1n) is 9.51. The lowest BCUT2D eigenvalue weighted by Crippen LogP contribution is -2.41. The fourth-order valence-electron chi connectivity index (χ4n) is 3.94. The van der Waals surface area contributed by atoms with Crippen molar-refractivity contribution in [3.8, 4) is 11.1 Å². The van der Waals surface area contributed by atoms with Crippen LogP contribution in [0.4, 0.5) is 0 Å². The normalized spacial score (nSPS) is 18.3. The Kier molecular flexibility index (Phi) is 5.01. The van der Waals surface area contributed by atoms with E-state index in [4.69, 9.17) is 0 Å². The van der Waals surface area contributed by atoms with Gasteiger partial charge in [0, 0.05) is 42.7 Å². The molecule has 0 saturated carbocycles. The van der Waals surface area contributed by atoms with Gasteiger partial charge in [-0.25, -0.2) is 0 Å². The van der Waals surface area contributed by atoms with E-state index in [1.807, 2.05) is 60.5 Å². The number of amides is 1. The summed E-state index contributed by atoms with van der Waals surface area (Å²) in [4.78, 5) is 19.2. The lowest BCUT2D eigenvalue weighted by atomic mass is 9.89. The molecule has 5 nitrogen and oxygen atoms in total. The summed E-state index contributed by atoms with van der Waals surface area (Å²) in [5, 5.41) is 7.46. The van der Waals surface area contributed by atoms with Crippen molar-refractivity contribution in [1.29, 1.82) is 0 Å². The highest BCUT2D eigenvalue weighted by Gasteiger charge is 2.30. The average Bonchev–Trinajstić information content (AvgIpc) is 3.24. The number of aromatic nitrogens is 3. The van der Waals surface area contributed by atoms with Crippen molar-refractivity contribution in [2.75, 3.05) is 13.1 Å². The molecular formula is C22H24N4O. The largest absolute Gasteiger partial charge is 0.342 e. The van der Waals surface area contributed by atoms with Crippen molar-refractivity contribution >= 4 is 5.91 Å². The number of hydrogen-bond donors (Lipinski definition) is 1. The second kappa shape index (κ2) is 7.74. The Hall–Kier alpha value is -2.95. The van der Waals surface area contributed by atoms with Gasteiger partial charge in [-0.3, -0.25) is 14.9 Å². The predicted octanol–water partition coefficient (Wildman–Crippen LogP) is 3.98. The summed E-state index contributed by atoms with van der Waals surface area (Å²) in [7, 11) is 0. The Labute approximate surface area is 159 Å². The third kappa shape index (κ3) is 3.63. The Morgan fingerprint density at radius 1 is 1.19 bits per heavy atom. The van der Waals surface area contributed by atoms with Crippen molar-refractivity contribution in [3.05, 3.63) is 72.3 Å². The van der Waals surface area contributed by atoms with Crippen LogP contribution in [0.15, 0.2) is 61.1 Å². The Morgan fingerprint density at radius 2 is 1.96 bits per heavy atom. The molecule has 2 atom stereocenters. The summed E-state index contributed by atoms with van der Waals surface area (Å²) in [6.07, 6.45) is 7.53. The third-order valence-electron chi connectivity index (χ3n) is 5.47. The molecule has 0 bridgehead atoms. The van der Waals surface area contributed by atoms with Crippen LogP contribution in [-0.4, -0.2) is 39.1 Å². The lowest BCUT2D eigenvalue weighted by molar-refractivity contribution is -0.133. The van der Waals surface area contributed by atoms with Gasteiger partial charge in [0.25, 0.3) is 0 Å². The highest BCUT2D eigenvalue weighted by molar-refractivity contribution is 5.83. The number of H-pyrrole nitrogens is 1. The number of benzene rings is 1. The zero-order valence-corrected chi connectivity index (χ0v) is 15.5. The van der Waals surface area contributed by atoms with Gasteiger partial charge in [-0.2, -0.15) is 5.10 Å². The number of hydrogen-bond acceptors (Lipinski definition) is 3. The van der Waals surface area contributed by atoms with Gasteiger partial charge in [0.05, 0.1) is 12.1 Å². The van der Waals surface area contributed by atoms with Gasteiger partial charge in [-0.1, -0.05) is 30.3 Å². The molecule has 138 valence electrons. The van der Waals surface area contributed by atoms with Crippen LogP contribution in [0.5, 0.6) is 0 Å². The molecule has 27 heavy (non-hydrogen) atoms. The van der Waals surface area contributed by atoms with Gasteiger partial charge in [-0.05, 0) is 43.0 Å². The summed E-state index contributed by atoms with van der Waals surface area (Å²) in [5.74, 6) is 0.360. The van der Waals surface area contributed by atoms with E-state index in [0.29, 0.717) is 0 Å². The molecule has 1 saturated heterocycles. The van der Waals surface area contributed by atoms with Crippen LogP contribution in [-0.2, 0) is 4.79 Å². The van der Waals surface area contributed by atoms with Crippen LogP contribution in [0.2, 0.25) is 0 Å². The SMILES string of the molecule is C[C@H](C(=O)N1CCC[C@@H](c2[nH]ncc2-c2ccncc2)C1)c1ccccc1. The molecule has 3 heterocycles. The number of carbonyl (C=O) groups excluding carboxylic acids is 1. The molecule has 1 aliphatic rings. The maximum atomic E-state index is 13.1. The fourth-order valence-corrected chi connectivity index (χ4v) is 3.94. The van der Waals surface area contributed by atoms with Crippen LogP contribution < -0.4 is 0 Å². The van der Waals surface area contributed by atoms with E-state index in [1.54, 1.807) is 12.4 Å². The number of piperidine rings is 1. The van der Waals surface area contributed by atoms with E-state index in [1.165, 1.54) is 0 Å². The molecule has 2 aromatic heterocycles. The van der Waals surface area contributed by atoms with Crippen molar-refractivity contribution < 1.29 is 4.79 Å². The van der Waals surface area contributed by atoms with E-state index in [0.717, 1.165) is 48.3 Å². The second-order valence-corrected chi connectivity index (χ2v) is 7.19. The average molecular weight is 360 g/mol. The maximum absolute atomic E-state index is 13.1. The van der Waals surface area contributed by atoms with E-state index in [9.17, 15) is 4.79 Å². The highest BCUT2D eigenvalue weighted by Crippen LogP contribution is 2.33. The molecule has 1 fully saturated rings. The molecule has 3 aromatic rings. The van der Waals surface area contributed by atoms with Crippen LogP contribution >= 0.6 is 0 Å². The highest BCUT2D eigenvalue weighted by atomic mass is 16.2.